The maximum atomic E-state index is 12.7. The summed E-state index contributed by atoms with van der Waals surface area (Å²) < 4.78 is 43.0. The second kappa shape index (κ2) is 5.24. The average Bonchev–Trinajstić information content (AvgIpc) is 2.14. The molecule has 0 heterocycles. The third-order valence-corrected chi connectivity index (χ3v) is 2.78. The van der Waals surface area contributed by atoms with Gasteiger partial charge in [-0.1, -0.05) is 12.1 Å². The molecule has 0 saturated heterocycles. The molecule has 0 spiro atoms. The van der Waals surface area contributed by atoms with E-state index in [-0.39, 0.29) is 0 Å². The Balaban J connectivity index is 2.97. The first-order valence-corrected chi connectivity index (χ1v) is 6.36. The zero-order chi connectivity index (χ0) is 13.1. The van der Waals surface area contributed by atoms with Crippen molar-refractivity contribution >= 4 is 16.0 Å². The lowest BCUT2D eigenvalue weighted by Crippen LogP contribution is -2.31. The van der Waals surface area contributed by atoms with E-state index in [1.807, 2.05) is 0 Å². The molecule has 1 amide bonds. The van der Waals surface area contributed by atoms with E-state index in [9.17, 15) is 17.6 Å². The maximum absolute atomic E-state index is 12.7. The highest BCUT2D eigenvalue weighted by molar-refractivity contribution is 7.85. The molecule has 7 heteroatoms. The van der Waals surface area contributed by atoms with E-state index in [1.165, 1.54) is 19.1 Å². The standard InChI is InChI=1S/C10H12FNO4S/c1-7(13)12-10(6-17(14,15)16)8-2-4-9(11)5-3-8/h2-5,10H,6H2,1H3,(H,12,13)(H,14,15,16). The Morgan fingerprint density at radius 1 is 1.41 bits per heavy atom. The minimum Gasteiger partial charge on any atom is -0.348 e. The molecule has 0 bridgehead atoms. The van der Waals surface area contributed by atoms with Crippen LogP contribution in [0.4, 0.5) is 4.39 Å². The summed E-state index contributed by atoms with van der Waals surface area (Å²) in [5.74, 6) is -1.57. The van der Waals surface area contributed by atoms with Gasteiger partial charge in [0.25, 0.3) is 10.1 Å². The van der Waals surface area contributed by atoms with Crippen LogP contribution in [-0.4, -0.2) is 24.6 Å². The van der Waals surface area contributed by atoms with E-state index in [2.05, 4.69) is 5.32 Å². The highest BCUT2D eigenvalue weighted by atomic mass is 32.2. The zero-order valence-corrected chi connectivity index (χ0v) is 9.87. The highest BCUT2D eigenvalue weighted by Crippen LogP contribution is 2.15. The van der Waals surface area contributed by atoms with E-state index in [1.54, 1.807) is 0 Å². The molecule has 5 nitrogen and oxygen atoms in total. The summed E-state index contributed by atoms with van der Waals surface area (Å²) in [5.41, 5.74) is 0.402. The summed E-state index contributed by atoms with van der Waals surface area (Å²) in [6.45, 7) is 1.22. The van der Waals surface area contributed by atoms with Crippen molar-refractivity contribution in [1.82, 2.24) is 5.32 Å². The summed E-state index contributed by atoms with van der Waals surface area (Å²) in [7, 11) is -4.24. The molecule has 1 rings (SSSR count). The normalized spacial score (nSPS) is 13.1. The summed E-state index contributed by atoms with van der Waals surface area (Å²) in [4.78, 5) is 10.9. The second-order valence-electron chi connectivity index (χ2n) is 3.55. The van der Waals surface area contributed by atoms with E-state index < -0.39 is 33.6 Å². The van der Waals surface area contributed by atoms with E-state index in [0.29, 0.717) is 5.56 Å². The smallest absolute Gasteiger partial charge is 0.267 e. The van der Waals surface area contributed by atoms with Gasteiger partial charge < -0.3 is 5.32 Å². The molecule has 17 heavy (non-hydrogen) atoms. The van der Waals surface area contributed by atoms with E-state index in [4.69, 9.17) is 4.55 Å². The molecular weight excluding hydrogens is 249 g/mol. The largest absolute Gasteiger partial charge is 0.348 e. The molecule has 0 saturated carbocycles. The number of hydrogen-bond acceptors (Lipinski definition) is 3. The van der Waals surface area contributed by atoms with Gasteiger partial charge in [0.1, 0.15) is 5.82 Å². The Kier molecular flexibility index (Phi) is 4.19. The van der Waals surface area contributed by atoms with Gasteiger partial charge in [-0.2, -0.15) is 8.42 Å². The van der Waals surface area contributed by atoms with Crippen molar-refractivity contribution in [3.05, 3.63) is 35.6 Å². The molecule has 94 valence electrons. The van der Waals surface area contributed by atoms with Crippen molar-refractivity contribution in [2.75, 3.05) is 5.75 Å². The topological polar surface area (TPSA) is 83.5 Å². The quantitative estimate of drug-likeness (QED) is 0.788. The van der Waals surface area contributed by atoms with Crippen molar-refractivity contribution in [3.63, 3.8) is 0 Å². The predicted octanol–water partition coefficient (Wildman–Crippen LogP) is 0.891. The molecule has 1 aromatic carbocycles. The maximum Gasteiger partial charge on any atom is 0.267 e. The number of hydrogen-bond donors (Lipinski definition) is 2. The van der Waals surface area contributed by atoms with Gasteiger partial charge in [0.2, 0.25) is 5.91 Å². The molecule has 0 aromatic heterocycles. The van der Waals surface area contributed by atoms with Crippen molar-refractivity contribution < 1.29 is 22.2 Å². The molecule has 0 fully saturated rings. The van der Waals surface area contributed by atoms with Crippen LogP contribution in [0.1, 0.15) is 18.5 Å². The zero-order valence-electron chi connectivity index (χ0n) is 9.05. The van der Waals surface area contributed by atoms with Crippen LogP contribution in [0.25, 0.3) is 0 Å². The first-order valence-electron chi connectivity index (χ1n) is 4.75. The van der Waals surface area contributed by atoms with Crippen LogP contribution in [0.3, 0.4) is 0 Å². The number of rotatable bonds is 4. The van der Waals surface area contributed by atoms with Crippen LogP contribution in [0.5, 0.6) is 0 Å². The van der Waals surface area contributed by atoms with Crippen LogP contribution in [0.15, 0.2) is 24.3 Å². The summed E-state index contributed by atoms with van der Waals surface area (Å²) in [6.07, 6.45) is 0. The van der Waals surface area contributed by atoms with Crippen molar-refractivity contribution in [2.24, 2.45) is 0 Å². The van der Waals surface area contributed by atoms with Gasteiger partial charge in [-0.3, -0.25) is 9.35 Å². The number of carbonyl (C=O) groups excluding carboxylic acids is 1. The molecule has 1 unspecified atom stereocenters. The number of halogens is 1. The Morgan fingerprint density at radius 3 is 2.35 bits per heavy atom. The fourth-order valence-electron chi connectivity index (χ4n) is 1.37. The van der Waals surface area contributed by atoms with Gasteiger partial charge in [-0.15, -0.1) is 0 Å². The molecule has 0 aliphatic carbocycles. The summed E-state index contributed by atoms with van der Waals surface area (Å²) >= 11 is 0. The van der Waals surface area contributed by atoms with Crippen molar-refractivity contribution in [2.45, 2.75) is 13.0 Å². The molecular formula is C10H12FNO4S. The molecule has 0 aliphatic rings. The molecule has 1 aromatic rings. The van der Waals surface area contributed by atoms with Crippen LogP contribution in [0, 0.1) is 5.82 Å². The Morgan fingerprint density at radius 2 is 1.94 bits per heavy atom. The lowest BCUT2D eigenvalue weighted by molar-refractivity contribution is -0.119. The molecule has 0 aliphatic heterocycles. The monoisotopic (exact) mass is 261 g/mol. The van der Waals surface area contributed by atoms with Gasteiger partial charge in [-0.05, 0) is 17.7 Å². The Bertz CT molecular complexity index is 498. The van der Waals surface area contributed by atoms with Gasteiger partial charge >= 0.3 is 0 Å². The first kappa shape index (κ1) is 13.6. The van der Waals surface area contributed by atoms with Crippen LogP contribution < -0.4 is 5.32 Å². The Labute approximate surface area is 98.4 Å². The van der Waals surface area contributed by atoms with Gasteiger partial charge in [0.15, 0.2) is 0 Å². The van der Waals surface area contributed by atoms with Gasteiger partial charge in [0, 0.05) is 6.92 Å². The third kappa shape index (κ3) is 4.92. The van der Waals surface area contributed by atoms with E-state index in [0.717, 1.165) is 12.1 Å². The molecule has 2 N–H and O–H groups in total. The number of nitrogens with one attached hydrogen (secondary N) is 1. The minimum absolute atomic E-state index is 0.402. The molecule has 1 atom stereocenters. The molecule has 0 radical (unpaired) electrons. The predicted molar refractivity (Wildman–Crippen MR) is 59.4 cm³/mol. The van der Waals surface area contributed by atoms with Crippen molar-refractivity contribution in [3.8, 4) is 0 Å². The lowest BCUT2D eigenvalue weighted by Gasteiger charge is -2.16. The van der Waals surface area contributed by atoms with Gasteiger partial charge in [0.05, 0.1) is 11.8 Å². The van der Waals surface area contributed by atoms with Crippen LogP contribution in [-0.2, 0) is 14.9 Å². The number of amides is 1. The second-order valence-corrected chi connectivity index (χ2v) is 5.05. The fraction of sp³-hybridized carbons (Fsp3) is 0.300. The van der Waals surface area contributed by atoms with Crippen molar-refractivity contribution in [1.29, 1.82) is 0 Å². The minimum atomic E-state index is -4.24. The lowest BCUT2D eigenvalue weighted by atomic mass is 10.1. The third-order valence-electron chi connectivity index (χ3n) is 2.03. The SMILES string of the molecule is CC(=O)NC(CS(=O)(=O)O)c1ccc(F)cc1. The van der Waals surface area contributed by atoms with Crippen LogP contribution >= 0.6 is 0 Å². The summed E-state index contributed by atoms with van der Waals surface area (Å²) in [6, 6.07) is 4.09. The highest BCUT2D eigenvalue weighted by Gasteiger charge is 2.19. The summed E-state index contributed by atoms with van der Waals surface area (Å²) in [5, 5.41) is 2.37. The van der Waals surface area contributed by atoms with Crippen LogP contribution in [0.2, 0.25) is 0 Å². The van der Waals surface area contributed by atoms with E-state index >= 15 is 0 Å². The number of carbonyl (C=O) groups is 1. The van der Waals surface area contributed by atoms with Gasteiger partial charge in [-0.25, -0.2) is 4.39 Å². The average molecular weight is 261 g/mol. The number of benzene rings is 1. The fourth-order valence-corrected chi connectivity index (χ4v) is 2.07. The Hall–Kier alpha value is -1.47. The first-order chi connectivity index (χ1) is 7.78.